The molecule has 0 N–H and O–H groups in total. The maximum Gasteiger partial charge on any atom is 0.172 e. The summed E-state index contributed by atoms with van der Waals surface area (Å²) in [5.74, 6) is 0.620. The molecule has 0 spiro atoms. The summed E-state index contributed by atoms with van der Waals surface area (Å²) in [6.45, 7) is 0. The van der Waals surface area contributed by atoms with Crippen LogP contribution in [0.2, 0.25) is 0 Å². The standard InChI is InChI=1S/C10H9BrN4O/c1-15-10(13-6-14-15)3-9(16)7-2-8(11)5-12-4-7/h2,4-6H,3H2,1H3. The second-order valence-electron chi connectivity index (χ2n) is 3.29. The molecule has 0 aliphatic rings. The topological polar surface area (TPSA) is 60.7 Å². The van der Waals surface area contributed by atoms with Gasteiger partial charge in [-0.05, 0) is 22.0 Å². The van der Waals surface area contributed by atoms with Crippen molar-refractivity contribution in [2.75, 3.05) is 0 Å². The molecule has 0 aliphatic heterocycles. The zero-order valence-corrected chi connectivity index (χ0v) is 10.2. The lowest BCUT2D eigenvalue weighted by Gasteiger charge is -2.00. The van der Waals surface area contributed by atoms with Crippen LogP contribution in [0, 0.1) is 0 Å². The Bertz CT molecular complexity index is 523. The predicted molar refractivity (Wildman–Crippen MR) is 61.0 cm³/mol. The molecule has 0 aromatic carbocycles. The molecule has 0 atom stereocenters. The molecule has 0 fully saturated rings. The number of carbonyl (C=O) groups is 1. The van der Waals surface area contributed by atoms with Crippen LogP contribution in [0.4, 0.5) is 0 Å². The number of rotatable bonds is 3. The van der Waals surface area contributed by atoms with Crippen molar-refractivity contribution in [3.8, 4) is 0 Å². The summed E-state index contributed by atoms with van der Waals surface area (Å²) in [4.78, 5) is 19.8. The summed E-state index contributed by atoms with van der Waals surface area (Å²) < 4.78 is 2.37. The number of aromatic nitrogens is 4. The first-order valence-electron chi connectivity index (χ1n) is 4.63. The number of Topliss-reactive ketones (excluding diaryl/α,β-unsaturated/α-hetero) is 1. The van der Waals surface area contributed by atoms with E-state index in [1.807, 2.05) is 0 Å². The molecule has 0 aliphatic carbocycles. The van der Waals surface area contributed by atoms with Gasteiger partial charge in [-0.15, -0.1) is 0 Å². The molecule has 2 aromatic heterocycles. The molecule has 0 bridgehead atoms. The van der Waals surface area contributed by atoms with Gasteiger partial charge < -0.3 is 0 Å². The summed E-state index contributed by atoms with van der Waals surface area (Å²) in [6, 6.07) is 1.74. The second kappa shape index (κ2) is 4.52. The van der Waals surface area contributed by atoms with Crippen LogP contribution < -0.4 is 0 Å². The quantitative estimate of drug-likeness (QED) is 0.798. The number of halogens is 1. The highest BCUT2D eigenvalue weighted by Gasteiger charge is 2.11. The Morgan fingerprint density at radius 1 is 1.50 bits per heavy atom. The minimum atomic E-state index is -0.0232. The first kappa shape index (κ1) is 10.9. The van der Waals surface area contributed by atoms with Crippen molar-refractivity contribution in [3.05, 3.63) is 40.6 Å². The van der Waals surface area contributed by atoms with Crippen LogP contribution in [0.15, 0.2) is 29.3 Å². The average Bonchev–Trinajstić information content (AvgIpc) is 2.64. The highest BCUT2D eigenvalue weighted by Crippen LogP contribution is 2.11. The third-order valence-corrected chi connectivity index (χ3v) is 2.58. The van der Waals surface area contributed by atoms with Gasteiger partial charge in [0.05, 0.1) is 6.42 Å². The fourth-order valence-corrected chi connectivity index (χ4v) is 1.66. The zero-order valence-electron chi connectivity index (χ0n) is 8.59. The maximum atomic E-state index is 11.9. The number of hydrogen-bond donors (Lipinski definition) is 0. The van der Waals surface area contributed by atoms with E-state index >= 15 is 0 Å². The number of aryl methyl sites for hydroxylation is 1. The van der Waals surface area contributed by atoms with E-state index in [1.165, 1.54) is 6.33 Å². The molecule has 2 aromatic rings. The summed E-state index contributed by atoms with van der Waals surface area (Å²) in [6.07, 6.45) is 4.85. The third kappa shape index (κ3) is 2.33. The first-order valence-corrected chi connectivity index (χ1v) is 5.43. The van der Waals surface area contributed by atoms with Crippen molar-refractivity contribution in [1.82, 2.24) is 19.7 Å². The van der Waals surface area contributed by atoms with Gasteiger partial charge in [-0.2, -0.15) is 5.10 Å². The van der Waals surface area contributed by atoms with Gasteiger partial charge in [0.2, 0.25) is 0 Å². The van der Waals surface area contributed by atoms with Crippen LogP contribution in [0.5, 0.6) is 0 Å². The molecule has 2 rings (SSSR count). The Hall–Kier alpha value is -1.56. The molecule has 2 heterocycles. The SMILES string of the molecule is Cn1ncnc1CC(=O)c1cncc(Br)c1. The Kier molecular flexibility index (Phi) is 3.09. The van der Waals surface area contributed by atoms with Crippen molar-refractivity contribution < 1.29 is 4.79 Å². The van der Waals surface area contributed by atoms with Crippen LogP contribution in [0.1, 0.15) is 16.2 Å². The van der Waals surface area contributed by atoms with E-state index in [2.05, 4.69) is 31.0 Å². The molecule has 0 saturated heterocycles. The van der Waals surface area contributed by atoms with Crippen molar-refractivity contribution >= 4 is 21.7 Å². The summed E-state index contributed by atoms with van der Waals surface area (Å²) in [5, 5.41) is 3.91. The minimum Gasteiger partial charge on any atom is -0.294 e. The van der Waals surface area contributed by atoms with Gasteiger partial charge in [0.15, 0.2) is 5.78 Å². The van der Waals surface area contributed by atoms with Crippen LogP contribution >= 0.6 is 15.9 Å². The minimum absolute atomic E-state index is 0.0232. The Labute approximate surface area is 101 Å². The van der Waals surface area contributed by atoms with E-state index in [0.29, 0.717) is 11.4 Å². The molecular formula is C10H9BrN4O. The monoisotopic (exact) mass is 280 g/mol. The van der Waals surface area contributed by atoms with E-state index in [-0.39, 0.29) is 12.2 Å². The van der Waals surface area contributed by atoms with E-state index in [4.69, 9.17) is 0 Å². The lowest BCUT2D eigenvalue weighted by Crippen LogP contribution is -2.09. The third-order valence-electron chi connectivity index (χ3n) is 2.15. The molecule has 0 unspecified atom stereocenters. The van der Waals surface area contributed by atoms with Gasteiger partial charge in [0, 0.05) is 29.5 Å². The second-order valence-corrected chi connectivity index (χ2v) is 4.21. The number of ketones is 1. The first-order chi connectivity index (χ1) is 7.66. The Morgan fingerprint density at radius 2 is 2.31 bits per heavy atom. The van der Waals surface area contributed by atoms with Gasteiger partial charge in [-0.3, -0.25) is 14.5 Å². The number of pyridine rings is 1. The van der Waals surface area contributed by atoms with Gasteiger partial charge in [0.25, 0.3) is 0 Å². The lowest BCUT2D eigenvalue weighted by atomic mass is 10.1. The fraction of sp³-hybridized carbons (Fsp3) is 0.200. The molecule has 0 amide bonds. The van der Waals surface area contributed by atoms with Gasteiger partial charge >= 0.3 is 0 Å². The molecule has 5 nitrogen and oxygen atoms in total. The summed E-state index contributed by atoms with van der Waals surface area (Å²) >= 11 is 3.27. The largest absolute Gasteiger partial charge is 0.294 e. The van der Waals surface area contributed by atoms with Crippen molar-refractivity contribution in [3.63, 3.8) is 0 Å². The van der Waals surface area contributed by atoms with Crippen LogP contribution in [0.3, 0.4) is 0 Å². The highest BCUT2D eigenvalue weighted by molar-refractivity contribution is 9.10. The molecule has 0 radical (unpaired) electrons. The number of nitrogens with zero attached hydrogens (tertiary/aromatic N) is 4. The number of hydrogen-bond acceptors (Lipinski definition) is 4. The zero-order chi connectivity index (χ0) is 11.5. The van der Waals surface area contributed by atoms with E-state index in [1.54, 1.807) is 30.2 Å². The summed E-state index contributed by atoms with van der Waals surface area (Å²) in [5.41, 5.74) is 0.567. The molecule has 6 heteroatoms. The van der Waals surface area contributed by atoms with E-state index in [9.17, 15) is 4.79 Å². The van der Waals surface area contributed by atoms with Crippen LogP contribution in [-0.2, 0) is 13.5 Å². The van der Waals surface area contributed by atoms with Gasteiger partial charge in [0.1, 0.15) is 12.2 Å². The maximum absolute atomic E-state index is 11.9. The van der Waals surface area contributed by atoms with E-state index < -0.39 is 0 Å². The van der Waals surface area contributed by atoms with Crippen molar-refractivity contribution in [2.45, 2.75) is 6.42 Å². The molecule has 82 valence electrons. The molecule has 0 saturated carbocycles. The van der Waals surface area contributed by atoms with Crippen LogP contribution in [0.25, 0.3) is 0 Å². The lowest BCUT2D eigenvalue weighted by molar-refractivity contribution is 0.0989. The summed E-state index contributed by atoms with van der Waals surface area (Å²) in [7, 11) is 1.76. The Morgan fingerprint density at radius 3 is 2.94 bits per heavy atom. The van der Waals surface area contributed by atoms with Gasteiger partial charge in [-0.25, -0.2) is 4.98 Å². The van der Waals surface area contributed by atoms with Crippen molar-refractivity contribution in [2.24, 2.45) is 7.05 Å². The Balaban J connectivity index is 2.18. The average molecular weight is 281 g/mol. The highest BCUT2D eigenvalue weighted by atomic mass is 79.9. The smallest absolute Gasteiger partial charge is 0.172 e. The van der Waals surface area contributed by atoms with Gasteiger partial charge in [-0.1, -0.05) is 0 Å². The van der Waals surface area contributed by atoms with Crippen molar-refractivity contribution in [1.29, 1.82) is 0 Å². The van der Waals surface area contributed by atoms with Crippen LogP contribution in [-0.4, -0.2) is 25.5 Å². The predicted octanol–water partition coefficient (Wildman–Crippen LogP) is 1.40. The molecular weight excluding hydrogens is 272 g/mol. The fourth-order valence-electron chi connectivity index (χ4n) is 1.29. The normalized spacial score (nSPS) is 10.4. The van der Waals surface area contributed by atoms with E-state index in [0.717, 1.165) is 4.47 Å². The molecule has 16 heavy (non-hydrogen) atoms. The number of carbonyl (C=O) groups excluding carboxylic acids is 1.